The Morgan fingerprint density at radius 3 is 2.26 bits per heavy atom. The van der Waals surface area contributed by atoms with Crippen molar-refractivity contribution < 1.29 is 9.72 Å². The number of nitro groups is 1. The lowest BCUT2D eigenvalue weighted by Gasteiger charge is -2.25. The molecule has 35 heavy (non-hydrogen) atoms. The van der Waals surface area contributed by atoms with E-state index >= 15 is 0 Å². The van der Waals surface area contributed by atoms with Crippen molar-refractivity contribution in [2.45, 2.75) is 32.6 Å². The summed E-state index contributed by atoms with van der Waals surface area (Å²) in [5, 5.41) is 17.6. The van der Waals surface area contributed by atoms with Crippen LogP contribution in [0.5, 0.6) is 0 Å². The molecule has 0 radical (unpaired) electrons. The first kappa shape index (κ1) is 24.0. The number of hydrogen-bond acceptors (Lipinski definition) is 7. The normalized spacial score (nSPS) is 13.9. The molecule has 0 saturated carbocycles. The van der Waals surface area contributed by atoms with Crippen LogP contribution in [0, 0.1) is 10.1 Å². The van der Waals surface area contributed by atoms with E-state index in [0.717, 1.165) is 72.3 Å². The number of fused-ring (bicyclic) bond motifs is 4. The van der Waals surface area contributed by atoms with Gasteiger partial charge in [0.1, 0.15) is 5.69 Å². The molecule has 2 aliphatic rings. The van der Waals surface area contributed by atoms with E-state index in [0.29, 0.717) is 5.69 Å². The van der Waals surface area contributed by atoms with E-state index in [2.05, 4.69) is 15.6 Å². The summed E-state index contributed by atoms with van der Waals surface area (Å²) in [7, 11) is 3.22. The van der Waals surface area contributed by atoms with Crippen molar-refractivity contribution in [3.8, 4) is 0 Å². The standard InChI is InChI=1S/C12H15N3O3.C12H13N3O2/c1-8(16)14(2)12-9-4-3-7-13-10(9)5-6-11(12)15(17)18;1-15-10-7-3-2-6-13-8(7)4-5-9(10)14-11(16)12(15)17/h5-6,13H,3-4,7H2,1-2H3;4-5,13H,2-3,6H2,1H3,(H,14,16). The number of nitrogens with zero attached hydrogens (tertiary/aromatic N) is 3. The number of aryl methyl sites for hydroxylation is 2. The molecule has 0 spiro atoms. The number of aromatic nitrogens is 2. The molecular weight excluding hydrogens is 452 g/mol. The van der Waals surface area contributed by atoms with Crippen LogP contribution in [0.4, 0.5) is 22.7 Å². The molecule has 3 aromatic rings. The summed E-state index contributed by atoms with van der Waals surface area (Å²) in [5.74, 6) is -0.211. The molecule has 11 nitrogen and oxygen atoms in total. The number of anilines is 3. The average Bonchev–Trinajstić information content (AvgIpc) is 2.86. The Kier molecular flexibility index (Phi) is 6.59. The van der Waals surface area contributed by atoms with Crippen LogP contribution in [0.3, 0.4) is 0 Å². The van der Waals surface area contributed by atoms with Gasteiger partial charge >= 0.3 is 11.1 Å². The fourth-order valence-corrected chi connectivity index (χ4v) is 4.67. The molecule has 184 valence electrons. The lowest BCUT2D eigenvalue weighted by Crippen LogP contribution is -2.35. The summed E-state index contributed by atoms with van der Waals surface area (Å²) >= 11 is 0. The lowest BCUT2D eigenvalue weighted by atomic mass is 9.99. The molecule has 1 amide bonds. The van der Waals surface area contributed by atoms with Crippen LogP contribution in [-0.4, -0.2) is 40.5 Å². The fourth-order valence-electron chi connectivity index (χ4n) is 4.67. The van der Waals surface area contributed by atoms with Crippen LogP contribution in [0.1, 0.15) is 30.9 Å². The minimum Gasteiger partial charge on any atom is -0.385 e. The number of carbonyl (C=O) groups excluding carboxylic acids is 1. The van der Waals surface area contributed by atoms with Crippen LogP contribution >= 0.6 is 0 Å². The third-order valence-electron chi connectivity index (χ3n) is 6.47. The predicted molar refractivity (Wildman–Crippen MR) is 136 cm³/mol. The smallest absolute Gasteiger partial charge is 0.316 e. The highest BCUT2D eigenvalue weighted by molar-refractivity contribution is 5.96. The number of carbonyl (C=O) groups is 1. The van der Waals surface area contributed by atoms with Crippen LogP contribution < -0.4 is 26.7 Å². The molecule has 0 bridgehead atoms. The van der Waals surface area contributed by atoms with E-state index in [1.165, 1.54) is 22.5 Å². The van der Waals surface area contributed by atoms with Crippen molar-refractivity contribution >= 4 is 39.7 Å². The zero-order valence-corrected chi connectivity index (χ0v) is 19.9. The maximum Gasteiger partial charge on any atom is 0.316 e. The van der Waals surface area contributed by atoms with Gasteiger partial charge in [0.15, 0.2) is 0 Å². The van der Waals surface area contributed by atoms with E-state index in [-0.39, 0.29) is 11.6 Å². The van der Waals surface area contributed by atoms with Gasteiger partial charge in [-0.1, -0.05) is 0 Å². The maximum absolute atomic E-state index is 11.7. The van der Waals surface area contributed by atoms with E-state index in [1.807, 2.05) is 12.1 Å². The van der Waals surface area contributed by atoms with Gasteiger partial charge in [-0.3, -0.25) is 24.5 Å². The largest absolute Gasteiger partial charge is 0.385 e. The van der Waals surface area contributed by atoms with Crippen molar-refractivity contribution in [1.82, 2.24) is 9.55 Å². The Labute approximate surface area is 200 Å². The number of hydrogen-bond donors (Lipinski definition) is 3. The van der Waals surface area contributed by atoms with E-state index in [9.17, 15) is 24.5 Å². The predicted octanol–water partition coefficient (Wildman–Crippen LogP) is 2.52. The van der Waals surface area contributed by atoms with E-state index < -0.39 is 16.0 Å². The number of amides is 1. The average molecular weight is 481 g/mol. The molecule has 0 saturated heterocycles. The van der Waals surface area contributed by atoms with Crippen molar-refractivity contribution in [2.75, 3.05) is 35.7 Å². The summed E-state index contributed by atoms with van der Waals surface area (Å²) in [6.07, 6.45) is 3.63. The molecule has 3 heterocycles. The molecule has 5 rings (SSSR count). The summed E-state index contributed by atoms with van der Waals surface area (Å²) in [6, 6.07) is 6.96. The maximum atomic E-state index is 11.7. The number of nitro benzene ring substituents is 1. The Balaban J connectivity index is 0.000000165. The minimum absolute atomic E-state index is 0.0184. The Bertz CT molecular complexity index is 1440. The molecule has 0 aliphatic carbocycles. The van der Waals surface area contributed by atoms with Gasteiger partial charge in [0.05, 0.1) is 16.0 Å². The first-order valence-electron chi connectivity index (χ1n) is 11.5. The first-order chi connectivity index (χ1) is 16.7. The Hall–Kier alpha value is -4.15. The molecule has 3 N–H and O–H groups in total. The van der Waals surface area contributed by atoms with Gasteiger partial charge in [0, 0.05) is 62.7 Å². The number of rotatable bonds is 2. The van der Waals surface area contributed by atoms with Crippen LogP contribution in [-0.2, 0) is 24.7 Å². The molecule has 11 heteroatoms. The Morgan fingerprint density at radius 1 is 1.03 bits per heavy atom. The Morgan fingerprint density at radius 2 is 1.63 bits per heavy atom. The highest BCUT2D eigenvalue weighted by Crippen LogP contribution is 2.38. The molecule has 0 unspecified atom stereocenters. The quantitative estimate of drug-likeness (QED) is 0.291. The van der Waals surface area contributed by atoms with Crippen molar-refractivity contribution in [2.24, 2.45) is 7.05 Å². The van der Waals surface area contributed by atoms with Crippen LogP contribution in [0.2, 0.25) is 0 Å². The van der Waals surface area contributed by atoms with Crippen molar-refractivity contribution in [3.05, 3.63) is 66.2 Å². The van der Waals surface area contributed by atoms with Gasteiger partial charge in [-0.05, 0) is 43.9 Å². The molecule has 2 aliphatic heterocycles. The van der Waals surface area contributed by atoms with Crippen molar-refractivity contribution in [1.29, 1.82) is 0 Å². The molecule has 1 aromatic heterocycles. The third-order valence-corrected chi connectivity index (χ3v) is 6.47. The second kappa shape index (κ2) is 9.61. The zero-order valence-electron chi connectivity index (χ0n) is 19.9. The van der Waals surface area contributed by atoms with Gasteiger partial charge < -0.3 is 25.1 Å². The van der Waals surface area contributed by atoms with Crippen LogP contribution in [0.25, 0.3) is 11.0 Å². The highest BCUT2D eigenvalue weighted by Gasteiger charge is 2.26. The summed E-state index contributed by atoms with van der Waals surface area (Å²) in [6.45, 7) is 3.21. The van der Waals surface area contributed by atoms with Gasteiger partial charge in [0.25, 0.3) is 5.69 Å². The van der Waals surface area contributed by atoms with E-state index in [4.69, 9.17) is 0 Å². The fraction of sp³-hybridized carbons (Fsp3) is 0.375. The molecule has 0 fully saturated rings. The topological polar surface area (TPSA) is 142 Å². The third kappa shape index (κ3) is 4.48. The molecule has 2 aromatic carbocycles. The summed E-state index contributed by atoms with van der Waals surface area (Å²) in [4.78, 5) is 49.2. The second-order valence-electron chi connectivity index (χ2n) is 8.66. The second-order valence-corrected chi connectivity index (χ2v) is 8.66. The monoisotopic (exact) mass is 480 g/mol. The van der Waals surface area contributed by atoms with E-state index in [1.54, 1.807) is 20.2 Å². The van der Waals surface area contributed by atoms with Crippen LogP contribution in [0.15, 0.2) is 33.9 Å². The number of benzene rings is 2. The lowest BCUT2D eigenvalue weighted by molar-refractivity contribution is -0.384. The minimum atomic E-state index is -0.566. The molecular formula is C24H28N6O5. The highest BCUT2D eigenvalue weighted by atomic mass is 16.6. The molecule has 0 atom stereocenters. The first-order valence-corrected chi connectivity index (χ1v) is 11.5. The summed E-state index contributed by atoms with van der Waals surface area (Å²) < 4.78 is 1.44. The zero-order chi connectivity index (χ0) is 25.3. The number of nitrogens with one attached hydrogen (secondary N) is 3. The number of aromatic amines is 1. The van der Waals surface area contributed by atoms with Gasteiger partial charge in [0.2, 0.25) is 5.91 Å². The van der Waals surface area contributed by atoms with Gasteiger partial charge in [-0.25, -0.2) is 0 Å². The number of H-pyrrole nitrogens is 1. The van der Waals surface area contributed by atoms with Crippen molar-refractivity contribution in [3.63, 3.8) is 0 Å². The SMILES string of the molecule is CC(=O)N(C)c1c([N+](=O)[O-])ccc2c1CCCN2.Cn1c(=O)c(=O)[nH]c2ccc3c(c21)CCCN3. The van der Waals surface area contributed by atoms with Gasteiger partial charge in [-0.15, -0.1) is 0 Å². The summed E-state index contributed by atoms with van der Waals surface area (Å²) in [5.41, 5.74) is 4.80. The van der Waals surface area contributed by atoms with Gasteiger partial charge in [-0.2, -0.15) is 0 Å².